The van der Waals surface area contributed by atoms with E-state index in [9.17, 15) is 0 Å². The van der Waals surface area contributed by atoms with Gasteiger partial charge < -0.3 is 10.1 Å². The predicted molar refractivity (Wildman–Crippen MR) is 108 cm³/mol. The third-order valence-corrected chi connectivity index (χ3v) is 4.02. The van der Waals surface area contributed by atoms with Crippen molar-refractivity contribution >= 4 is 23.5 Å². The molecule has 2 aromatic carbocycles. The zero-order valence-electron chi connectivity index (χ0n) is 14.5. The highest BCUT2D eigenvalue weighted by Gasteiger charge is 2.11. The third-order valence-electron chi connectivity index (χ3n) is 3.72. The molecule has 26 heavy (non-hydrogen) atoms. The minimum absolute atomic E-state index is 0.447. The topological polar surface area (TPSA) is 63.5 Å². The van der Waals surface area contributed by atoms with E-state index in [2.05, 4.69) is 15.8 Å². The first kappa shape index (κ1) is 17.6. The van der Waals surface area contributed by atoms with Crippen LogP contribution in [0.25, 0.3) is 16.9 Å². The second-order valence-electron chi connectivity index (χ2n) is 5.39. The Morgan fingerprint density at radius 1 is 1.15 bits per heavy atom. The van der Waals surface area contributed by atoms with Gasteiger partial charge in [-0.1, -0.05) is 18.2 Å². The second kappa shape index (κ2) is 8.26. The number of hydrazone groups is 1. The summed E-state index contributed by atoms with van der Waals surface area (Å²) in [5.74, 6) is 0.799. The molecule has 132 valence electrons. The Kier molecular flexibility index (Phi) is 5.60. The molecule has 0 aliphatic heterocycles. The molecular weight excluding hydrogens is 346 g/mol. The van der Waals surface area contributed by atoms with Gasteiger partial charge in [0.05, 0.1) is 19.0 Å². The van der Waals surface area contributed by atoms with Gasteiger partial charge in [-0.3, -0.25) is 5.43 Å². The summed E-state index contributed by atoms with van der Waals surface area (Å²) in [7, 11) is 3.38. The molecule has 0 amide bonds. The maximum atomic E-state index is 5.23. The summed E-state index contributed by atoms with van der Waals surface area (Å²) in [6.07, 6.45) is 3.64. The summed E-state index contributed by atoms with van der Waals surface area (Å²) >= 11 is 5.04. The Balaban J connectivity index is 1.99. The summed E-state index contributed by atoms with van der Waals surface area (Å²) in [6, 6.07) is 17.7. The van der Waals surface area contributed by atoms with Crippen LogP contribution in [0.15, 0.2) is 65.9 Å². The zero-order chi connectivity index (χ0) is 18.4. The molecule has 0 atom stereocenters. The number of para-hydroxylation sites is 1. The van der Waals surface area contributed by atoms with Crippen molar-refractivity contribution in [3.8, 4) is 22.7 Å². The number of hydrogen-bond donors (Lipinski definition) is 2. The first-order valence-electron chi connectivity index (χ1n) is 8.01. The summed E-state index contributed by atoms with van der Waals surface area (Å²) < 4.78 is 7.06. The summed E-state index contributed by atoms with van der Waals surface area (Å²) in [6.45, 7) is 0. The standard InChI is InChI=1S/C19H19N5OS/c1-20-19(26)22-21-12-15-13-24(16-6-4-3-5-7-16)23-18(15)14-8-10-17(25-2)11-9-14/h3-13H,1-2H3,(H2,20,22,26)/b21-12-. The maximum Gasteiger partial charge on any atom is 0.186 e. The summed E-state index contributed by atoms with van der Waals surface area (Å²) in [5.41, 5.74) is 6.39. The molecule has 1 aromatic heterocycles. The van der Waals surface area contributed by atoms with E-state index in [0.29, 0.717) is 5.11 Å². The quantitative estimate of drug-likeness (QED) is 0.413. The Hall–Kier alpha value is -3.19. The fourth-order valence-electron chi connectivity index (χ4n) is 2.38. The van der Waals surface area contributed by atoms with Gasteiger partial charge in [0.25, 0.3) is 0 Å². The van der Waals surface area contributed by atoms with E-state index in [4.69, 9.17) is 22.1 Å². The van der Waals surface area contributed by atoms with Crippen LogP contribution < -0.4 is 15.5 Å². The van der Waals surface area contributed by atoms with Crippen LogP contribution >= 0.6 is 12.2 Å². The van der Waals surface area contributed by atoms with E-state index in [1.54, 1.807) is 20.4 Å². The highest BCUT2D eigenvalue weighted by atomic mass is 32.1. The third kappa shape index (κ3) is 4.07. The second-order valence-corrected chi connectivity index (χ2v) is 5.80. The molecule has 6 nitrogen and oxygen atoms in total. The van der Waals surface area contributed by atoms with Crippen LogP contribution in [0.1, 0.15) is 5.56 Å². The fourth-order valence-corrected chi connectivity index (χ4v) is 2.44. The van der Waals surface area contributed by atoms with Crippen LogP contribution in [-0.2, 0) is 0 Å². The normalized spacial score (nSPS) is 10.7. The Morgan fingerprint density at radius 3 is 2.54 bits per heavy atom. The predicted octanol–water partition coefficient (Wildman–Crippen LogP) is 2.98. The molecule has 0 saturated heterocycles. The maximum absolute atomic E-state index is 5.23. The number of thiocarbonyl (C=S) groups is 1. The van der Waals surface area contributed by atoms with Gasteiger partial charge in [-0.15, -0.1) is 0 Å². The van der Waals surface area contributed by atoms with Crippen LogP contribution in [-0.4, -0.2) is 35.3 Å². The molecular formula is C19H19N5OS. The molecule has 0 spiro atoms. The lowest BCUT2D eigenvalue weighted by Crippen LogP contribution is -2.28. The summed E-state index contributed by atoms with van der Waals surface area (Å²) in [4.78, 5) is 0. The number of methoxy groups -OCH3 is 1. The SMILES string of the molecule is CNC(=S)N/N=C\c1cn(-c2ccccc2)nc1-c1ccc(OC)cc1. The minimum atomic E-state index is 0.447. The smallest absolute Gasteiger partial charge is 0.186 e. The molecule has 7 heteroatoms. The average molecular weight is 365 g/mol. The number of benzene rings is 2. The fraction of sp³-hybridized carbons (Fsp3) is 0.105. The molecule has 0 radical (unpaired) electrons. The lowest BCUT2D eigenvalue weighted by Gasteiger charge is -2.03. The minimum Gasteiger partial charge on any atom is -0.497 e. The van der Waals surface area contributed by atoms with Crippen molar-refractivity contribution in [2.24, 2.45) is 5.10 Å². The van der Waals surface area contributed by atoms with Gasteiger partial charge in [-0.2, -0.15) is 10.2 Å². The van der Waals surface area contributed by atoms with Crippen LogP contribution in [0, 0.1) is 0 Å². The van der Waals surface area contributed by atoms with Gasteiger partial charge in [0.2, 0.25) is 0 Å². The van der Waals surface area contributed by atoms with Gasteiger partial charge in [0, 0.05) is 24.4 Å². The van der Waals surface area contributed by atoms with E-state index in [1.165, 1.54) is 0 Å². The largest absolute Gasteiger partial charge is 0.497 e. The van der Waals surface area contributed by atoms with Crippen LogP contribution in [0.4, 0.5) is 0 Å². The van der Waals surface area contributed by atoms with Crippen molar-refractivity contribution in [3.05, 3.63) is 66.4 Å². The highest BCUT2D eigenvalue weighted by molar-refractivity contribution is 7.80. The van der Waals surface area contributed by atoms with Gasteiger partial charge in [0.15, 0.2) is 5.11 Å². The van der Waals surface area contributed by atoms with Crippen molar-refractivity contribution in [3.63, 3.8) is 0 Å². The number of nitrogens with one attached hydrogen (secondary N) is 2. The van der Waals surface area contributed by atoms with Crippen molar-refractivity contribution in [2.75, 3.05) is 14.2 Å². The van der Waals surface area contributed by atoms with E-state index in [-0.39, 0.29) is 0 Å². The average Bonchev–Trinajstić information content (AvgIpc) is 3.12. The van der Waals surface area contributed by atoms with Crippen molar-refractivity contribution in [1.29, 1.82) is 0 Å². The first-order chi connectivity index (χ1) is 12.7. The lowest BCUT2D eigenvalue weighted by molar-refractivity contribution is 0.415. The number of aromatic nitrogens is 2. The highest BCUT2D eigenvalue weighted by Crippen LogP contribution is 2.24. The molecule has 3 aromatic rings. The number of rotatable bonds is 5. The molecule has 3 rings (SSSR count). The van der Waals surface area contributed by atoms with Crippen LogP contribution in [0.2, 0.25) is 0 Å². The molecule has 0 bridgehead atoms. The van der Waals surface area contributed by atoms with Gasteiger partial charge in [-0.25, -0.2) is 4.68 Å². The van der Waals surface area contributed by atoms with Crippen LogP contribution in [0.3, 0.4) is 0 Å². The zero-order valence-corrected chi connectivity index (χ0v) is 15.3. The van der Waals surface area contributed by atoms with Crippen molar-refractivity contribution in [2.45, 2.75) is 0 Å². The van der Waals surface area contributed by atoms with Gasteiger partial charge in [0.1, 0.15) is 11.4 Å². The molecule has 0 unspecified atom stereocenters. The molecule has 0 aliphatic rings. The van der Waals surface area contributed by atoms with Crippen LogP contribution in [0.5, 0.6) is 5.75 Å². The number of hydrogen-bond acceptors (Lipinski definition) is 4. The van der Waals surface area contributed by atoms with E-state index < -0.39 is 0 Å². The van der Waals surface area contributed by atoms with Crippen molar-refractivity contribution < 1.29 is 4.74 Å². The summed E-state index contributed by atoms with van der Waals surface area (Å²) in [5, 5.41) is 12.2. The first-order valence-corrected chi connectivity index (χ1v) is 8.42. The van der Waals surface area contributed by atoms with E-state index in [1.807, 2.05) is 65.5 Å². The molecule has 1 heterocycles. The van der Waals surface area contributed by atoms with Gasteiger partial charge >= 0.3 is 0 Å². The number of ether oxygens (including phenoxy) is 1. The molecule has 2 N–H and O–H groups in total. The lowest BCUT2D eigenvalue weighted by atomic mass is 10.1. The number of nitrogens with zero attached hydrogens (tertiary/aromatic N) is 3. The molecule has 0 aliphatic carbocycles. The van der Waals surface area contributed by atoms with E-state index >= 15 is 0 Å². The molecule has 0 fully saturated rings. The van der Waals surface area contributed by atoms with Gasteiger partial charge in [-0.05, 0) is 48.6 Å². The Labute approximate surface area is 157 Å². The molecule has 0 saturated carbocycles. The van der Waals surface area contributed by atoms with E-state index in [0.717, 1.165) is 28.3 Å². The monoisotopic (exact) mass is 365 g/mol. The Morgan fingerprint density at radius 2 is 1.88 bits per heavy atom. The van der Waals surface area contributed by atoms with Crippen molar-refractivity contribution in [1.82, 2.24) is 20.5 Å². The Bertz CT molecular complexity index is 903.